The average Bonchev–Trinajstić information content (AvgIpc) is 2.69. The number of ether oxygens (including phenoxy) is 1. The first-order valence-corrected chi connectivity index (χ1v) is 7.52. The maximum absolute atomic E-state index is 12.1. The summed E-state index contributed by atoms with van der Waals surface area (Å²) in [5, 5.41) is 2.77. The van der Waals surface area contributed by atoms with Crippen molar-refractivity contribution in [1.29, 1.82) is 0 Å². The first kappa shape index (κ1) is 16.7. The average molecular weight is 297 g/mol. The lowest BCUT2D eigenvalue weighted by Gasteiger charge is -2.26. The van der Waals surface area contributed by atoms with Gasteiger partial charge in [0, 0.05) is 4.88 Å². The first-order valence-electron chi connectivity index (χ1n) is 6.70. The van der Waals surface area contributed by atoms with Crippen molar-refractivity contribution in [3.8, 4) is 0 Å². The summed E-state index contributed by atoms with van der Waals surface area (Å²) >= 11 is 1.41. The van der Waals surface area contributed by atoms with Crippen molar-refractivity contribution in [2.75, 3.05) is 0 Å². The van der Waals surface area contributed by atoms with E-state index in [9.17, 15) is 9.59 Å². The second-order valence-corrected chi connectivity index (χ2v) is 7.43. The molecule has 20 heavy (non-hydrogen) atoms. The molecule has 0 aliphatic carbocycles. The number of rotatable bonds is 4. The van der Waals surface area contributed by atoms with Crippen molar-refractivity contribution in [3.63, 3.8) is 0 Å². The van der Waals surface area contributed by atoms with E-state index in [1.807, 2.05) is 47.6 Å². The van der Waals surface area contributed by atoms with E-state index < -0.39 is 17.6 Å². The lowest BCUT2D eigenvalue weighted by Crippen LogP contribution is -2.47. The van der Waals surface area contributed by atoms with Crippen LogP contribution in [0.25, 0.3) is 0 Å². The maximum atomic E-state index is 12.1. The molecule has 1 atom stereocenters. The van der Waals surface area contributed by atoms with Crippen LogP contribution in [-0.2, 0) is 9.53 Å². The number of carbonyl (C=O) groups is 2. The second-order valence-electron chi connectivity index (χ2n) is 6.14. The van der Waals surface area contributed by atoms with Crippen LogP contribution in [-0.4, -0.2) is 23.5 Å². The molecule has 1 rings (SSSR count). The summed E-state index contributed by atoms with van der Waals surface area (Å²) in [6.07, 6.45) is 0. The summed E-state index contributed by atoms with van der Waals surface area (Å²) < 4.78 is 5.35. The van der Waals surface area contributed by atoms with E-state index in [0.717, 1.165) is 4.88 Å². The van der Waals surface area contributed by atoms with Crippen molar-refractivity contribution < 1.29 is 14.3 Å². The van der Waals surface area contributed by atoms with Crippen LogP contribution in [0.1, 0.15) is 49.2 Å². The second kappa shape index (κ2) is 6.39. The fourth-order valence-electron chi connectivity index (χ4n) is 1.63. The highest BCUT2D eigenvalue weighted by atomic mass is 32.1. The molecule has 1 heterocycles. The van der Waals surface area contributed by atoms with Gasteiger partial charge >= 0.3 is 5.97 Å². The van der Waals surface area contributed by atoms with E-state index in [1.165, 1.54) is 11.3 Å². The van der Waals surface area contributed by atoms with Gasteiger partial charge in [0.1, 0.15) is 11.6 Å². The highest BCUT2D eigenvalue weighted by Crippen LogP contribution is 2.17. The summed E-state index contributed by atoms with van der Waals surface area (Å²) in [6, 6.07) is 3.02. The number of amides is 1. The molecule has 1 aromatic rings. The topological polar surface area (TPSA) is 55.4 Å². The predicted molar refractivity (Wildman–Crippen MR) is 81.0 cm³/mol. The lowest BCUT2D eigenvalue weighted by molar-refractivity contribution is -0.158. The Morgan fingerprint density at radius 2 is 1.85 bits per heavy atom. The minimum absolute atomic E-state index is 0.0325. The van der Waals surface area contributed by atoms with Crippen LogP contribution in [0, 0.1) is 12.8 Å². The molecule has 1 amide bonds. The molecule has 0 spiro atoms. The smallest absolute Gasteiger partial charge is 0.329 e. The first-order chi connectivity index (χ1) is 9.10. The third-order valence-corrected chi connectivity index (χ3v) is 3.58. The van der Waals surface area contributed by atoms with Gasteiger partial charge in [0.05, 0.1) is 4.88 Å². The predicted octanol–water partition coefficient (Wildman–Crippen LogP) is 3.15. The van der Waals surface area contributed by atoms with Crippen molar-refractivity contribution >= 4 is 23.2 Å². The minimum Gasteiger partial charge on any atom is -0.458 e. The number of thiophene rings is 1. The fourth-order valence-corrected chi connectivity index (χ4v) is 2.40. The van der Waals surface area contributed by atoms with Crippen LogP contribution in [0.4, 0.5) is 0 Å². The summed E-state index contributed by atoms with van der Waals surface area (Å²) in [5.41, 5.74) is -0.561. The molecule has 0 aliphatic heterocycles. The van der Waals surface area contributed by atoms with E-state index >= 15 is 0 Å². The number of hydrogen-bond donors (Lipinski definition) is 1. The molecule has 0 fully saturated rings. The molecule has 0 saturated heterocycles. The van der Waals surface area contributed by atoms with Crippen molar-refractivity contribution in [1.82, 2.24) is 5.32 Å². The Morgan fingerprint density at radius 1 is 1.25 bits per heavy atom. The van der Waals surface area contributed by atoms with Gasteiger partial charge < -0.3 is 10.1 Å². The maximum Gasteiger partial charge on any atom is 0.329 e. The lowest BCUT2D eigenvalue weighted by atomic mass is 10.0. The number of nitrogens with one attached hydrogen (secondary N) is 1. The van der Waals surface area contributed by atoms with E-state index in [4.69, 9.17) is 4.74 Å². The molecule has 0 unspecified atom stereocenters. The Hall–Kier alpha value is -1.36. The molecule has 0 saturated carbocycles. The Bertz CT molecular complexity index is 486. The normalized spacial score (nSPS) is 13.2. The Balaban J connectivity index is 2.77. The monoisotopic (exact) mass is 297 g/mol. The Morgan fingerprint density at radius 3 is 2.25 bits per heavy atom. The van der Waals surface area contributed by atoms with Gasteiger partial charge in [0.15, 0.2) is 0 Å². The standard InChI is InChI=1S/C15H23NO3S/c1-9(2)12(14(18)19-15(4,5)6)16-13(17)11-8-7-10(3)20-11/h7-9,12H,1-6H3,(H,16,17)/t12-/m1/s1. The molecule has 0 bridgehead atoms. The zero-order valence-corrected chi connectivity index (χ0v) is 13.8. The summed E-state index contributed by atoms with van der Waals surface area (Å²) in [5.74, 6) is -0.656. The van der Waals surface area contributed by atoms with Gasteiger partial charge in [-0.25, -0.2) is 4.79 Å². The van der Waals surface area contributed by atoms with Crippen molar-refractivity contribution in [2.24, 2.45) is 5.92 Å². The van der Waals surface area contributed by atoms with Gasteiger partial charge in [-0.05, 0) is 45.7 Å². The van der Waals surface area contributed by atoms with Gasteiger partial charge in [0.25, 0.3) is 5.91 Å². The summed E-state index contributed by atoms with van der Waals surface area (Å²) in [6.45, 7) is 11.1. The molecule has 112 valence electrons. The SMILES string of the molecule is Cc1ccc(C(=O)N[C@@H](C(=O)OC(C)(C)C)C(C)C)s1. The number of hydrogen-bond acceptors (Lipinski definition) is 4. The quantitative estimate of drug-likeness (QED) is 0.869. The Labute approximate surface area is 124 Å². The molecule has 0 aliphatic rings. The van der Waals surface area contributed by atoms with E-state index in [2.05, 4.69) is 5.32 Å². The van der Waals surface area contributed by atoms with Crippen molar-refractivity contribution in [3.05, 3.63) is 21.9 Å². The summed E-state index contributed by atoms with van der Waals surface area (Å²) in [7, 11) is 0. The largest absolute Gasteiger partial charge is 0.458 e. The number of aryl methyl sites for hydroxylation is 1. The van der Waals surface area contributed by atoms with Crippen LogP contribution in [0.15, 0.2) is 12.1 Å². The molecule has 0 radical (unpaired) electrons. The molecule has 0 aromatic carbocycles. The molecule has 1 N–H and O–H groups in total. The summed E-state index contributed by atoms with van der Waals surface area (Å²) in [4.78, 5) is 25.9. The highest BCUT2D eigenvalue weighted by molar-refractivity contribution is 7.13. The molecular formula is C15H23NO3S. The third-order valence-electron chi connectivity index (χ3n) is 2.58. The van der Waals surface area contributed by atoms with Crippen LogP contribution in [0.2, 0.25) is 0 Å². The van der Waals surface area contributed by atoms with Crippen LogP contribution >= 0.6 is 11.3 Å². The molecule has 5 heteroatoms. The van der Waals surface area contributed by atoms with Crippen LogP contribution in [0.5, 0.6) is 0 Å². The van der Waals surface area contributed by atoms with Gasteiger partial charge in [-0.2, -0.15) is 0 Å². The van der Waals surface area contributed by atoms with Gasteiger partial charge in [-0.15, -0.1) is 11.3 Å². The number of carbonyl (C=O) groups excluding carboxylic acids is 2. The molecule has 1 aromatic heterocycles. The van der Waals surface area contributed by atoms with Crippen LogP contribution in [0.3, 0.4) is 0 Å². The highest BCUT2D eigenvalue weighted by Gasteiger charge is 2.29. The zero-order valence-electron chi connectivity index (χ0n) is 12.9. The van der Waals surface area contributed by atoms with E-state index in [0.29, 0.717) is 4.88 Å². The molecule has 4 nitrogen and oxygen atoms in total. The minimum atomic E-state index is -0.635. The van der Waals surface area contributed by atoms with Gasteiger partial charge in [0.2, 0.25) is 0 Å². The van der Waals surface area contributed by atoms with Crippen molar-refractivity contribution in [2.45, 2.75) is 53.2 Å². The molecular weight excluding hydrogens is 274 g/mol. The third kappa shape index (κ3) is 4.96. The van der Waals surface area contributed by atoms with E-state index in [1.54, 1.807) is 6.07 Å². The van der Waals surface area contributed by atoms with E-state index in [-0.39, 0.29) is 11.8 Å². The van der Waals surface area contributed by atoms with Crippen LogP contribution < -0.4 is 5.32 Å². The number of esters is 1. The Kier molecular flexibility index (Phi) is 5.34. The fraction of sp³-hybridized carbons (Fsp3) is 0.600. The zero-order chi connectivity index (χ0) is 15.5. The van der Waals surface area contributed by atoms with Gasteiger partial charge in [-0.1, -0.05) is 13.8 Å². The van der Waals surface area contributed by atoms with Gasteiger partial charge in [-0.3, -0.25) is 4.79 Å².